The van der Waals surface area contributed by atoms with Gasteiger partial charge in [0.1, 0.15) is 17.2 Å². The van der Waals surface area contributed by atoms with Gasteiger partial charge in [0.15, 0.2) is 5.78 Å². The van der Waals surface area contributed by atoms with E-state index in [1.807, 2.05) is 24.3 Å². The predicted octanol–water partition coefficient (Wildman–Crippen LogP) is 4.82. The average molecular weight is 388 g/mol. The quantitative estimate of drug-likeness (QED) is 0.251. The molecule has 0 unspecified atom stereocenters. The van der Waals surface area contributed by atoms with Crippen molar-refractivity contribution in [3.05, 3.63) is 95.6 Å². The Bertz CT molecular complexity index is 1020. The van der Waals surface area contributed by atoms with E-state index in [4.69, 9.17) is 14.2 Å². The van der Waals surface area contributed by atoms with Crippen LogP contribution in [0.3, 0.4) is 0 Å². The molecule has 29 heavy (non-hydrogen) atoms. The minimum atomic E-state index is -0.484. The van der Waals surface area contributed by atoms with Crippen molar-refractivity contribution in [1.29, 1.82) is 0 Å². The van der Waals surface area contributed by atoms with E-state index in [1.165, 1.54) is 6.08 Å². The van der Waals surface area contributed by atoms with Crippen LogP contribution in [-0.4, -0.2) is 26.0 Å². The first-order valence-corrected chi connectivity index (χ1v) is 8.92. The standard InChI is InChI=1S/C24H20O5/c1-27-20-12-9-19(10-13-20)24(26)29-21-14-7-17(8-15-21)22(25)16-11-18-5-3-4-6-23(18)28-2/h3-16H,1-2H3. The molecule has 0 heterocycles. The van der Waals surface area contributed by atoms with Crippen LogP contribution in [0, 0.1) is 0 Å². The minimum absolute atomic E-state index is 0.163. The van der Waals surface area contributed by atoms with Crippen LogP contribution in [0.5, 0.6) is 17.2 Å². The minimum Gasteiger partial charge on any atom is -0.497 e. The lowest BCUT2D eigenvalue weighted by Crippen LogP contribution is -2.08. The second-order valence-corrected chi connectivity index (χ2v) is 6.08. The Balaban J connectivity index is 1.65. The van der Waals surface area contributed by atoms with E-state index in [-0.39, 0.29) is 5.78 Å². The van der Waals surface area contributed by atoms with Crippen LogP contribution in [0.2, 0.25) is 0 Å². The van der Waals surface area contributed by atoms with Crippen LogP contribution in [0.15, 0.2) is 78.9 Å². The molecule has 0 spiro atoms. The van der Waals surface area contributed by atoms with Crippen molar-refractivity contribution in [1.82, 2.24) is 0 Å². The SMILES string of the molecule is COc1ccc(C(=O)Oc2ccc(C(=O)C=Cc3ccccc3OC)cc2)cc1. The van der Waals surface area contributed by atoms with E-state index in [2.05, 4.69) is 0 Å². The van der Waals surface area contributed by atoms with E-state index in [1.54, 1.807) is 68.8 Å². The Hall–Kier alpha value is -3.86. The third kappa shape index (κ3) is 5.11. The van der Waals surface area contributed by atoms with Crippen molar-refractivity contribution in [2.75, 3.05) is 14.2 Å². The fourth-order valence-electron chi connectivity index (χ4n) is 2.65. The lowest BCUT2D eigenvalue weighted by Gasteiger charge is -2.06. The molecular weight excluding hydrogens is 368 g/mol. The van der Waals surface area contributed by atoms with Gasteiger partial charge in [-0.25, -0.2) is 4.79 Å². The molecule has 3 aromatic rings. The summed E-state index contributed by atoms with van der Waals surface area (Å²) in [5.74, 6) is 1.06. The van der Waals surface area contributed by atoms with E-state index in [0.29, 0.717) is 28.4 Å². The normalized spacial score (nSPS) is 10.6. The number of hydrogen-bond donors (Lipinski definition) is 0. The summed E-state index contributed by atoms with van der Waals surface area (Å²) in [6.45, 7) is 0. The van der Waals surface area contributed by atoms with Crippen LogP contribution in [-0.2, 0) is 0 Å². The second-order valence-electron chi connectivity index (χ2n) is 6.08. The van der Waals surface area contributed by atoms with E-state index >= 15 is 0 Å². The number of hydrogen-bond acceptors (Lipinski definition) is 5. The number of para-hydroxylation sites is 1. The van der Waals surface area contributed by atoms with Crippen LogP contribution in [0.25, 0.3) is 6.08 Å². The van der Waals surface area contributed by atoms with Gasteiger partial charge in [-0.15, -0.1) is 0 Å². The number of carbonyl (C=O) groups excluding carboxylic acids is 2. The maximum Gasteiger partial charge on any atom is 0.343 e. The number of methoxy groups -OCH3 is 2. The maximum absolute atomic E-state index is 12.4. The predicted molar refractivity (Wildman–Crippen MR) is 111 cm³/mol. The molecule has 3 aromatic carbocycles. The van der Waals surface area contributed by atoms with Gasteiger partial charge in [-0.1, -0.05) is 18.2 Å². The zero-order valence-electron chi connectivity index (χ0n) is 16.1. The van der Waals surface area contributed by atoms with Crippen molar-refractivity contribution in [3.63, 3.8) is 0 Å². The van der Waals surface area contributed by atoms with Crippen LogP contribution in [0.1, 0.15) is 26.3 Å². The average Bonchev–Trinajstić information content (AvgIpc) is 2.78. The molecule has 5 heteroatoms. The summed E-state index contributed by atoms with van der Waals surface area (Å²) in [7, 11) is 3.14. The third-order valence-electron chi connectivity index (χ3n) is 4.23. The number of rotatable bonds is 7. The zero-order valence-corrected chi connectivity index (χ0v) is 16.1. The molecular formula is C24H20O5. The molecule has 146 valence electrons. The van der Waals surface area contributed by atoms with Gasteiger partial charge in [0, 0.05) is 11.1 Å². The van der Waals surface area contributed by atoms with Gasteiger partial charge in [-0.2, -0.15) is 0 Å². The molecule has 0 aromatic heterocycles. The Labute approximate surface area is 169 Å². The molecule has 5 nitrogen and oxygen atoms in total. The number of esters is 1. The van der Waals surface area contributed by atoms with Gasteiger partial charge in [0.2, 0.25) is 0 Å². The first-order chi connectivity index (χ1) is 14.1. The molecule has 0 atom stereocenters. The summed E-state index contributed by atoms with van der Waals surface area (Å²) < 4.78 is 15.7. The summed E-state index contributed by atoms with van der Waals surface area (Å²) in [5.41, 5.74) is 1.71. The highest BCUT2D eigenvalue weighted by molar-refractivity contribution is 6.07. The van der Waals surface area contributed by atoms with Gasteiger partial charge in [0.25, 0.3) is 0 Å². The highest BCUT2D eigenvalue weighted by Crippen LogP contribution is 2.20. The molecule has 0 saturated heterocycles. The smallest absolute Gasteiger partial charge is 0.343 e. The zero-order chi connectivity index (χ0) is 20.6. The molecule has 0 amide bonds. The molecule has 3 rings (SSSR count). The number of ether oxygens (including phenoxy) is 3. The summed E-state index contributed by atoms with van der Waals surface area (Å²) >= 11 is 0. The second kappa shape index (κ2) is 9.37. The Morgan fingerprint density at radius 1 is 0.724 bits per heavy atom. The summed E-state index contributed by atoms with van der Waals surface area (Å²) in [6.07, 6.45) is 3.19. The van der Waals surface area contributed by atoms with Crippen molar-refractivity contribution in [3.8, 4) is 17.2 Å². The number of ketones is 1. The van der Waals surface area contributed by atoms with Crippen LogP contribution < -0.4 is 14.2 Å². The number of carbonyl (C=O) groups is 2. The van der Waals surface area contributed by atoms with Gasteiger partial charge in [-0.3, -0.25) is 4.79 Å². The Kier molecular flexibility index (Phi) is 6.43. The summed E-state index contributed by atoms with van der Waals surface area (Å²) in [5, 5.41) is 0. The van der Waals surface area contributed by atoms with Crippen molar-refractivity contribution in [2.45, 2.75) is 0 Å². The first-order valence-electron chi connectivity index (χ1n) is 8.92. The highest BCUT2D eigenvalue weighted by Gasteiger charge is 2.10. The molecule has 0 bridgehead atoms. The molecule has 0 aliphatic rings. The van der Waals surface area contributed by atoms with E-state index < -0.39 is 5.97 Å². The number of benzene rings is 3. The Morgan fingerprint density at radius 2 is 1.34 bits per heavy atom. The highest BCUT2D eigenvalue weighted by atomic mass is 16.5. The molecule has 0 radical (unpaired) electrons. The lowest BCUT2D eigenvalue weighted by atomic mass is 10.1. The monoisotopic (exact) mass is 388 g/mol. The summed E-state index contributed by atoms with van der Waals surface area (Å²) in [6, 6.07) is 20.5. The van der Waals surface area contributed by atoms with Crippen LogP contribution in [0.4, 0.5) is 0 Å². The largest absolute Gasteiger partial charge is 0.497 e. The fourth-order valence-corrected chi connectivity index (χ4v) is 2.65. The van der Waals surface area contributed by atoms with Crippen LogP contribution >= 0.6 is 0 Å². The molecule has 0 aliphatic carbocycles. The van der Waals surface area contributed by atoms with E-state index in [9.17, 15) is 9.59 Å². The van der Waals surface area contributed by atoms with Gasteiger partial charge in [-0.05, 0) is 66.7 Å². The fraction of sp³-hybridized carbons (Fsp3) is 0.0833. The Morgan fingerprint density at radius 3 is 2.00 bits per heavy atom. The van der Waals surface area contributed by atoms with Gasteiger partial charge >= 0.3 is 5.97 Å². The van der Waals surface area contributed by atoms with Crippen molar-refractivity contribution >= 4 is 17.8 Å². The van der Waals surface area contributed by atoms with Gasteiger partial charge in [0.05, 0.1) is 19.8 Å². The maximum atomic E-state index is 12.4. The van der Waals surface area contributed by atoms with Gasteiger partial charge < -0.3 is 14.2 Å². The van der Waals surface area contributed by atoms with Crippen molar-refractivity contribution in [2.24, 2.45) is 0 Å². The number of allylic oxidation sites excluding steroid dienone is 1. The molecule has 0 saturated carbocycles. The lowest BCUT2D eigenvalue weighted by molar-refractivity contribution is 0.0734. The molecule has 0 aliphatic heterocycles. The van der Waals surface area contributed by atoms with Crippen molar-refractivity contribution < 1.29 is 23.8 Å². The summed E-state index contributed by atoms with van der Waals surface area (Å²) in [4.78, 5) is 24.6. The topological polar surface area (TPSA) is 61.8 Å². The molecule has 0 N–H and O–H groups in total. The first kappa shape index (κ1) is 19.9. The third-order valence-corrected chi connectivity index (χ3v) is 4.23. The van der Waals surface area contributed by atoms with E-state index in [0.717, 1.165) is 5.56 Å². The molecule has 0 fully saturated rings.